The number of aromatic carboxylic acids is 1. The van der Waals surface area contributed by atoms with Crippen molar-refractivity contribution in [3.05, 3.63) is 39.7 Å². The number of halogens is 3. The normalized spacial score (nSPS) is 24.0. The van der Waals surface area contributed by atoms with Gasteiger partial charge in [0.2, 0.25) is 5.43 Å². The Labute approximate surface area is 170 Å². The number of carboxylic acids is 1. The highest BCUT2D eigenvalue weighted by Crippen LogP contribution is 2.40. The molecule has 2 aliphatic carbocycles. The molecule has 2 aromatic rings. The van der Waals surface area contributed by atoms with E-state index in [-0.39, 0.29) is 41.6 Å². The van der Waals surface area contributed by atoms with E-state index in [2.05, 4.69) is 5.32 Å². The standard InChI is InChI=1S/C21H22F3N3O3/c22-15-5-13-18(27(12-3-4-12)8-14(20(13)28)21(29)30)17(24)19(15)26-7-10(16(23)9-26)6-25-11-1-2-11/h5,8,10-12,16,25H,1-4,6-7,9H2,(H,29,30). The van der Waals surface area contributed by atoms with Crippen molar-refractivity contribution < 1.29 is 23.1 Å². The molecule has 3 aliphatic rings. The molecule has 1 aliphatic heterocycles. The molecule has 2 unspecified atom stereocenters. The predicted molar refractivity (Wildman–Crippen MR) is 105 cm³/mol. The molecule has 2 heterocycles. The first kappa shape index (κ1) is 19.4. The summed E-state index contributed by atoms with van der Waals surface area (Å²) in [5, 5.41) is 12.3. The number of nitrogens with zero attached hydrogens (tertiary/aromatic N) is 2. The third-order valence-corrected chi connectivity index (χ3v) is 6.28. The summed E-state index contributed by atoms with van der Waals surface area (Å²) in [6.45, 7) is 0.492. The summed E-state index contributed by atoms with van der Waals surface area (Å²) in [5.74, 6) is -3.73. The van der Waals surface area contributed by atoms with Gasteiger partial charge < -0.3 is 19.9 Å². The molecule has 2 saturated carbocycles. The van der Waals surface area contributed by atoms with Gasteiger partial charge in [-0.1, -0.05) is 0 Å². The van der Waals surface area contributed by atoms with Gasteiger partial charge in [0.25, 0.3) is 0 Å². The van der Waals surface area contributed by atoms with Crippen LogP contribution < -0.4 is 15.6 Å². The van der Waals surface area contributed by atoms with Crippen molar-refractivity contribution >= 4 is 22.6 Å². The van der Waals surface area contributed by atoms with Gasteiger partial charge in [0.05, 0.1) is 10.9 Å². The molecule has 6 nitrogen and oxygen atoms in total. The molecule has 1 aromatic heterocycles. The van der Waals surface area contributed by atoms with E-state index in [1.165, 1.54) is 9.47 Å². The number of anilines is 1. The van der Waals surface area contributed by atoms with Gasteiger partial charge in [-0.05, 0) is 31.7 Å². The van der Waals surface area contributed by atoms with Gasteiger partial charge in [-0.15, -0.1) is 0 Å². The number of carboxylic acid groups (broad SMARTS) is 1. The van der Waals surface area contributed by atoms with E-state index in [4.69, 9.17) is 0 Å². The molecule has 1 aromatic carbocycles. The summed E-state index contributed by atoms with van der Waals surface area (Å²) in [7, 11) is 0. The monoisotopic (exact) mass is 421 g/mol. The summed E-state index contributed by atoms with van der Waals surface area (Å²) in [4.78, 5) is 25.3. The second-order valence-corrected chi connectivity index (χ2v) is 8.60. The van der Waals surface area contributed by atoms with Crippen LogP contribution in [0.2, 0.25) is 0 Å². The molecule has 30 heavy (non-hydrogen) atoms. The molecule has 2 N–H and O–H groups in total. The second-order valence-electron chi connectivity index (χ2n) is 8.60. The highest BCUT2D eigenvalue weighted by molar-refractivity contribution is 5.94. The average Bonchev–Trinajstić information content (AvgIpc) is 3.60. The lowest BCUT2D eigenvalue weighted by Gasteiger charge is -2.22. The number of pyridine rings is 1. The first-order chi connectivity index (χ1) is 14.3. The predicted octanol–water partition coefficient (Wildman–Crippen LogP) is 2.84. The lowest BCUT2D eigenvalue weighted by molar-refractivity contribution is 0.0694. The number of alkyl halides is 1. The van der Waals surface area contributed by atoms with Crippen LogP contribution >= 0.6 is 0 Å². The van der Waals surface area contributed by atoms with Crippen LogP contribution in [0.3, 0.4) is 0 Å². The van der Waals surface area contributed by atoms with Gasteiger partial charge in [0.15, 0.2) is 5.82 Å². The number of aromatic nitrogens is 1. The fourth-order valence-electron chi connectivity index (χ4n) is 4.33. The zero-order valence-corrected chi connectivity index (χ0v) is 16.2. The van der Waals surface area contributed by atoms with E-state index in [0.29, 0.717) is 25.4 Å². The van der Waals surface area contributed by atoms with E-state index in [0.717, 1.165) is 25.1 Å². The molecule has 0 radical (unpaired) electrons. The van der Waals surface area contributed by atoms with Crippen molar-refractivity contribution in [2.45, 2.75) is 43.9 Å². The van der Waals surface area contributed by atoms with Crippen molar-refractivity contribution in [2.24, 2.45) is 5.92 Å². The van der Waals surface area contributed by atoms with Crippen LogP contribution in [0, 0.1) is 17.6 Å². The molecule has 5 rings (SSSR count). The molecule has 0 bridgehead atoms. The fourth-order valence-corrected chi connectivity index (χ4v) is 4.33. The Kier molecular flexibility index (Phi) is 4.53. The van der Waals surface area contributed by atoms with Crippen LogP contribution in [0.15, 0.2) is 17.1 Å². The molecular formula is C21H22F3N3O3. The summed E-state index contributed by atoms with van der Waals surface area (Å²) in [6, 6.07) is 1.17. The molecule has 1 saturated heterocycles. The first-order valence-corrected chi connectivity index (χ1v) is 10.3. The Hall–Kier alpha value is -2.55. The Bertz CT molecular complexity index is 1090. The van der Waals surface area contributed by atoms with Gasteiger partial charge in [-0.3, -0.25) is 4.79 Å². The molecular weight excluding hydrogens is 399 g/mol. The Morgan fingerprint density at radius 1 is 1.20 bits per heavy atom. The highest BCUT2D eigenvalue weighted by Gasteiger charge is 2.38. The Morgan fingerprint density at radius 2 is 1.93 bits per heavy atom. The maximum Gasteiger partial charge on any atom is 0.341 e. The zero-order valence-electron chi connectivity index (χ0n) is 16.2. The van der Waals surface area contributed by atoms with Crippen LogP contribution in [-0.4, -0.2) is 47.5 Å². The summed E-state index contributed by atoms with van der Waals surface area (Å²) < 4.78 is 46.5. The first-order valence-electron chi connectivity index (χ1n) is 10.3. The van der Waals surface area contributed by atoms with Crippen LogP contribution in [0.1, 0.15) is 42.1 Å². The number of rotatable bonds is 6. The highest BCUT2D eigenvalue weighted by atomic mass is 19.1. The molecule has 3 fully saturated rings. The van der Waals surface area contributed by atoms with Gasteiger partial charge in [-0.2, -0.15) is 0 Å². The maximum atomic E-state index is 15.6. The molecule has 9 heteroatoms. The van der Waals surface area contributed by atoms with Crippen LogP contribution in [0.25, 0.3) is 10.9 Å². The Balaban J connectivity index is 1.58. The van der Waals surface area contributed by atoms with Crippen molar-refractivity contribution in [3.8, 4) is 0 Å². The van der Waals surface area contributed by atoms with E-state index in [1.54, 1.807) is 0 Å². The van der Waals surface area contributed by atoms with Gasteiger partial charge in [-0.25, -0.2) is 18.0 Å². The van der Waals surface area contributed by atoms with E-state index in [1.807, 2.05) is 0 Å². The topological polar surface area (TPSA) is 74.6 Å². The average molecular weight is 421 g/mol. The van der Waals surface area contributed by atoms with E-state index in [9.17, 15) is 23.5 Å². The third kappa shape index (κ3) is 3.25. The van der Waals surface area contributed by atoms with Gasteiger partial charge in [0.1, 0.15) is 23.2 Å². The lowest BCUT2D eigenvalue weighted by atomic mass is 10.1. The smallest absolute Gasteiger partial charge is 0.341 e. The largest absolute Gasteiger partial charge is 0.477 e. The van der Waals surface area contributed by atoms with E-state index >= 15 is 4.39 Å². The SMILES string of the molecule is O=C(O)c1cn(C2CC2)c2c(F)c(N3CC(F)C(CNC4CC4)C3)c(F)cc2c1=O. The quantitative estimate of drug-likeness (QED) is 0.751. The second kappa shape index (κ2) is 7.01. The van der Waals surface area contributed by atoms with Crippen LogP contribution in [-0.2, 0) is 0 Å². The number of hydrogen-bond acceptors (Lipinski definition) is 4. The van der Waals surface area contributed by atoms with Crippen LogP contribution in [0.5, 0.6) is 0 Å². The molecule has 0 spiro atoms. The zero-order chi connectivity index (χ0) is 21.2. The van der Waals surface area contributed by atoms with E-state index < -0.39 is 34.8 Å². The van der Waals surface area contributed by atoms with Crippen LogP contribution in [0.4, 0.5) is 18.9 Å². The number of hydrogen-bond donors (Lipinski definition) is 2. The maximum absolute atomic E-state index is 15.6. The molecule has 0 amide bonds. The third-order valence-electron chi connectivity index (χ3n) is 6.28. The van der Waals surface area contributed by atoms with Gasteiger partial charge >= 0.3 is 5.97 Å². The Morgan fingerprint density at radius 3 is 2.57 bits per heavy atom. The molecule has 2 atom stereocenters. The van der Waals surface area contributed by atoms with Crippen molar-refractivity contribution in [3.63, 3.8) is 0 Å². The fraction of sp³-hybridized carbons (Fsp3) is 0.524. The number of carbonyl (C=O) groups is 1. The minimum Gasteiger partial charge on any atom is -0.477 e. The summed E-state index contributed by atoms with van der Waals surface area (Å²) in [6.07, 6.45) is 3.49. The summed E-state index contributed by atoms with van der Waals surface area (Å²) in [5.41, 5.74) is -1.90. The van der Waals surface area contributed by atoms with Crippen molar-refractivity contribution in [2.75, 3.05) is 24.5 Å². The number of benzene rings is 1. The van der Waals surface area contributed by atoms with Gasteiger partial charge in [0, 0.05) is 43.8 Å². The number of nitrogens with one attached hydrogen (secondary N) is 1. The number of fused-ring (bicyclic) bond motifs is 1. The van der Waals surface area contributed by atoms with Crippen molar-refractivity contribution in [1.82, 2.24) is 9.88 Å². The minimum atomic E-state index is -1.44. The lowest BCUT2D eigenvalue weighted by Crippen LogP contribution is -2.30. The summed E-state index contributed by atoms with van der Waals surface area (Å²) >= 11 is 0. The minimum absolute atomic E-state index is 0.112. The van der Waals surface area contributed by atoms with Crippen molar-refractivity contribution in [1.29, 1.82) is 0 Å². The molecule has 160 valence electrons.